The number of thiol groups is 2. The fourth-order valence-electron chi connectivity index (χ4n) is 9.35. The van der Waals surface area contributed by atoms with Gasteiger partial charge in [-0.25, -0.2) is 9.97 Å². The molecular formula is C49H73N11O5S2. The highest BCUT2D eigenvalue weighted by Gasteiger charge is 2.42. The highest BCUT2D eigenvalue weighted by Crippen LogP contribution is 2.33. The molecule has 16 nitrogen and oxygen atoms in total. The minimum Gasteiger partial charge on any atom is -0.398 e. The number of piperidine rings is 3. The van der Waals surface area contributed by atoms with Gasteiger partial charge in [0.15, 0.2) is 0 Å². The van der Waals surface area contributed by atoms with Crippen molar-refractivity contribution >= 4 is 70.2 Å². The van der Waals surface area contributed by atoms with Crippen molar-refractivity contribution in [3.8, 4) is 0 Å². The van der Waals surface area contributed by atoms with E-state index in [-0.39, 0.29) is 53.1 Å². The number of piperazine rings is 1. The Morgan fingerprint density at radius 3 is 2.30 bits per heavy atom. The van der Waals surface area contributed by atoms with E-state index in [2.05, 4.69) is 127 Å². The van der Waals surface area contributed by atoms with E-state index in [1.54, 1.807) is 6.33 Å². The van der Waals surface area contributed by atoms with Crippen molar-refractivity contribution in [2.75, 3.05) is 74.0 Å². The SMILES string of the molecule is C=C/C(N)=C1/CN(C2CCC(=O)NC2=O)C(=O)C1=C.CCCC(C)(C)C(=O)NCCCNc1cc(N2CCC3(CC2)CN(c2ccc(CN4CCC(C)(C)CC4)cc2)CC(=O)N3)ncn1.SS. The summed E-state index contributed by atoms with van der Waals surface area (Å²) in [4.78, 5) is 77.8. The van der Waals surface area contributed by atoms with E-state index >= 15 is 0 Å². The number of benzene rings is 1. The summed E-state index contributed by atoms with van der Waals surface area (Å²) in [7, 11) is 0. The predicted molar refractivity (Wildman–Crippen MR) is 273 cm³/mol. The van der Waals surface area contributed by atoms with Crippen molar-refractivity contribution in [2.45, 2.75) is 111 Å². The quantitative estimate of drug-likeness (QED) is 0.0432. The summed E-state index contributed by atoms with van der Waals surface area (Å²) in [5.74, 6) is 0.808. The standard InChI is InChI=1S/C36H56N8O2.C13H15N3O3.H2S2/c1-6-12-35(4,5)33(46)38-18-7-17-37-30-23-31(40-27-39-30)43-21-15-36(16-22-43)26-44(25-32(45)41-36)29-10-8-28(9-11-29)24-42-19-13-34(2,3)14-20-42;1-3-9(14)8-6-16(13(19)7(8)2)10-4-5-11(17)15-12(10)18;1-2/h8-11,23,27H,6-7,12-22,24-26H2,1-5H3,(H,38,46)(H,41,45)(H,37,39,40);3,10H,1-2,4-6,14H2,(H,15,17,18);1-2H/b;9-8+;. The zero-order chi connectivity index (χ0) is 48.9. The Hall–Kier alpha value is -5.07. The van der Waals surface area contributed by atoms with Crippen LogP contribution in [0.15, 0.2) is 72.7 Å². The number of rotatable bonds is 14. The second kappa shape index (κ2) is 23.8. The summed E-state index contributed by atoms with van der Waals surface area (Å²) < 4.78 is 0. The van der Waals surface area contributed by atoms with Crippen LogP contribution in [0.2, 0.25) is 0 Å². The molecule has 5 aliphatic rings. The molecule has 5 aliphatic heterocycles. The topological polar surface area (TPSA) is 198 Å². The monoisotopic (exact) mass is 960 g/mol. The number of hydrogen-bond donors (Lipinski definition) is 7. The first-order chi connectivity index (χ1) is 31.9. The Kier molecular flexibility index (Phi) is 18.8. The molecule has 7 rings (SSSR count). The van der Waals surface area contributed by atoms with Crippen molar-refractivity contribution in [2.24, 2.45) is 16.6 Å². The number of anilines is 3. The molecule has 1 aromatic carbocycles. The summed E-state index contributed by atoms with van der Waals surface area (Å²) in [5.41, 5.74) is 9.35. The number of likely N-dealkylation sites (tertiary alicyclic amines) is 2. The van der Waals surface area contributed by atoms with E-state index in [0.29, 0.717) is 42.7 Å². The van der Waals surface area contributed by atoms with Gasteiger partial charge < -0.3 is 36.4 Å². The highest BCUT2D eigenvalue weighted by molar-refractivity contribution is 8.59. The van der Waals surface area contributed by atoms with Gasteiger partial charge in [-0.15, -0.1) is 23.3 Å². The fourth-order valence-corrected chi connectivity index (χ4v) is 9.35. The van der Waals surface area contributed by atoms with Crippen molar-refractivity contribution in [1.29, 1.82) is 0 Å². The summed E-state index contributed by atoms with van der Waals surface area (Å²) in [6.07, 6.45) is 10.5. The first-order valence-electron chi connectivity index (χ1n) is 23.5. The molecule has 5 saturated heterocycles. The molecule has 2 aromatic rings. The van der Waals surface area contributed by atoms with Crippen molar-refractivity contribution in [3.05, 3.63) is 78.3 Å². The first-order valence-corrected chi connectivity index (χ1v) is 25.1. The third kappa shape index (κ3) is 14.2. The van der Waals surface area contributed by atoms with Gasteiger partial charge in [-0.1, -0.05) is 66.3 Å². The lowest BCUT2D eigenvalue weighted by atomic mass is 9.82. The number of allylic oxidation sites excluding steroid dienone is 1. The lowest BCUT2D eigenvalue weighted by Gasteiger charge is -2.48. The van der Waals surface area contributed by atoms with Crippen LogP contribution in [0.4, 0.5) is 17.3 Å². The molecule has 18 heteroatoms. The highest BCUT2D eigenvalue weighted by atomic mass is 33.1. The van der Waals surface area contributed by atoms with Gasteiger partial charge in [0.05, 0.1) is 12.1 Å². The van der Waals surface area contributed by atoms with Crippen LogP contribution in [0.1, 0.15) is 98.0 Å². The molecule has 0 radical (unpaired) electrons. The molecule has 1 aromatic heterocycles. The van der Waals surface area contributed by atoms with Crippen LogP contribution in [-0.2, 0) is 30.5 Å². The summed E-state index contributed by atoms with van der Waals surface area (Å²) in [5, 5.41) is 12.0. The number of aromatic nitrogens is 2. The molecule has 6 N–H and O–H groups in total. The van der Waals surface area contributed by atoms with Gasteiger partial charge in [0.1, 0.15) is 24.0 Å². The molecule has 0 aliphatic carbocycles. The van der Waals surface area contributed by atoms with E-state index in [4.69, 9.17) is 5.73 Å². The lowest BCUT2D eigenvalue weighted by Crippen LogP contribution is -2.66. The van der Waals surface area contributed by atoms with E-state index in [9.17, 15) is 24.0 Å². The van der Waals surface area contributed by atoms with Crippen molar-refractivity contribution in [3.63, 3.8) is 0 Å². The fraction of sp³-hybridized carbons (Fsp3) is 0.571. The van der Waals surface area contributed by atoms with Gasteiger partial charge in [-0.3, -0.25) is 34.2 Å². The third-order valence-electron chi connectivity index (χ3n) is 13.6. The van der Waals surface area contributed by atoms with Crippen LogP contribution < -0.4 is 36.8 Å². The molecule has 5 fully saturated rings. The molecule has 67 heavy (non-hydrogen) atoms. The Labute approximate surface area is 407 Å². The van der Waals surface area contributed by atoms with Gasteiger partial charge in [-0.2, -0.15) is 0 Å². The van der Waals surface area contributed by atoms with E-state index in [1.165, 1.54) is 29.4 Å². The molecular weight excluding hydrogens is 887 g/mol. The molecule has 1 unspecified atom stereocenters. The summed E-state index contributed by atoms with van der Waals surface area (Å²) >= 11 is 6.44. The van der Waals surface area contributed by atoms with Gasteiger partial charge in [0.25, 0.3) is 5.91 Å². The molecule has 366 valence electrons. The van der Waals surface area contributed by atoms with Gasteiger partial charge in [-0.05, 0) is 87.2 Å². The van der Waals surface area contributed by atoms with Gasteiger partial charge >= 0.3 is 0 Å². The number of carbonyl (C=O) groups is 5. The van der Waals surface area contributed by atoms with Crippen molar-refractivity contribution in [1.82, 2.24) is 35.7 Å². The van der Waals surface area contributed by atoms with Gasteiger partial charge in [0.2, 0.25) is 23.6 Å². The average molecular weight is 960 g/mol. The largest absolute Gasteiger partial charge is 0.398 e. The Morgan fingerprint density at radius 2 is 1.66 bits per heavy atom. The number of nitrogens with one attached hydrogen (secondary N) is 4. The maximum Gasteiger partial charge on any atom is 0.254 e. The Morgan fingerprint density at radius 1 is 0.970 bits per heavy atom. The number of hydrogen-bond acceptors (Lipinski definition) is 14. The van der Waals surface area contributed by atoms with Crippen LogP contribution >= 0.6 is 23.3 Å². The van der Waals surface area contributed by atoms with E-state index in [0.717, 1.165) is 88.7 Å². The van der Waals surface area contributed by atoms with Crippen LogP contribution in [-0.4, -0.2) is 120 Å². The van der Waals surface area contributed by atoms with Crippen LogP contribution in [0, 0.1) is 10.8 Å². The average Bonchev–Trinajstić information content (AvgIpc) is 3.60. The smallest absolute Gasteiger partial charge is 0.254 e. The molecule has 5 amide bonds. The lowest BCUT2D eigenvalue weighted by molar-refractivity contribution is -0.142. The van der Waals surface area contributed by atoms with Crippen LogP contribution in [0.5, 0.6) is 0 Å². The Balaban J connectivity index is 0.000000333. The van der Waals surface area contributed by atoms with Crippen LogP contribution in [0.25, 0.3) is 0 Å². The zero-order valence-electron chi connectivity index (χ0n) is 40.2. The maximum atomic E-state index is 12.9. The summed E-state index contributed by atoms with van der Waals surface area (Å²) in [6.45, 7) is 25.8. The Bertz CT molecular complexity index is 2130. The first kappa shape index (κ1) is 52.9. The van der Waals surface area contributed by atoms with E-state index in [1.807, 2.05) is 19.9 Å². The molecule has 6 heterocycles. The number of carbonyl (C=O) groups excluding carboxylic acids is 5. The summed E-state index contributed by atoms with van der Waals surface area (Å²) in [6, 6.07) is 10.2. The van der Waals surface area contributed by atoms with E-state index < -0.39 is 11.9 Å². The number of amides is 5. The number of nitrogens with zero attached hydrogens (tertiary/aromatic N) is 6. The molecule has 0 bridgehead atoms. The number of imide groups is 1. The predicted octanol–water partition coefficient (Wildman–Crippen LogP) is 5.17. The molecule has 0 saturated carbocycles. The zero-order valence-corrected chi connectivity index (χ0v) is 42.0. The molecule has 1 spiro atoms. The number of nitrogens with two attached hydrogens (primary N) is 1. The maximum absolute atomic E-state index is 12.9. The molecule has 1 atom stereocenters. The second-order valence-electron chi connectivity index (χ2n) is 19.7. The minimum atomic E-state index is -0.642. The third-order valence-corrected chi connectivity index (χ3v) is 13.6. The van der Waals surface area contributed by atoms with Crippen LogP contribution in [0.3, 0.4) is 0 Å². The second-order valence-corrected chi connectivity index (χ2v) is 19.7. The normalized spacial score (nSPS) is 21.3. The minimum absolute atomic E-state index is 0.0957. The van der Waals surface area contributed by atoms with Gasteiger partial charge in [0, 0.05) is 86.2 Å². The van der Waals surface area contributed by atoms with Crippen molar-refractivity contribution < 1.29 is 24.0 Å².